The zero-order chi connectivity index (χ0) is 11.5. The molecule has 1 saturated heterocycles. The number of carbonyl (C=O) groups is 1. The molecule has 1 aliphatic rings. The molecule has 1 atom stereocenters. The first-order valence-electron chi connectivity index (χ1n) is 5.20. The summed E-state index contributed by atoms with van der Waals surface area (Å²) < 4.78 is 0. The van der Waals surface area contributed by atoms with Gasteiger partial charge in [0.15, 0.2) is 0 Å². The van der Waals surface area contributed by atoms with Gasteiger partial charge in [0.1, 0.15) is 0 Å². The largest absolute Gasteiger partial charge is 0.399 e. The lowest BCUT2D eigenvalue weighted by molar-refractivity contribution is 0.0941. The third-order valence-electron chi connectivity index (χ3n) is 2.50. The van der Waals surface area contributed by atoms with E-state index in [-0.39, 0.29) is 11.9 Å². The molecule has 1 amide bonds. The third kappa shape index (κ3) is 2.61. The molecule has 1 aromatic carbocycles. The Kier molecular flexibility index (Phi) is 3.24. The number of nitrogens with two attached hydrogens (primary N) is 2. The average molecular weight is 237 g/mol. The molecular weight excluding hydrogens is 222 g/mol. The van der Waals surface area contributed by atoms with Crippen LogP contribution >= 0.6 is 11.8 Å². The summed E-state index contributed by atoms with van der Waals surface area (Å²) in [6.45, 7) is 0. The van der Waals surface area contributed by atoms with E-state index in [2.05, 4.69) is 5.32 Å². The van der Waals surface area contributed by atoms with Crippen LogP contribution in [0.3, 0.4) is 0 Å². The highest BCUT2D eigenvalue weighted by molar-refractivity contribution is 7.99. The van der Waals surface area contributed by atoms with Gasteiger partial charge in [0.05, 0.1) is 0 Å². The lowest BCUT2D eigenvalue weighted by Gasteiger charge is -2.11. The van der Waals surface area contributed by atoms with E-state index < -0.39 is 0 Å². The minimum absolute atomic E-state index is 0.0912. The maximum Gasteiger partial charge on any atom is 0.251 e. The fraction of sp³-hybridized carbons (Fsp3) is 0.364. The number of hydrogen-bond donors (Lipinski definition) is 3. The van der Waals surface area contributed by atoms with Crippen molar-refractivity contribution in [2.75, 3.05) is 23.0 Å². The molecule has 0 saturated carbocycles. The predicted molar refractivity (Wildman–Crippen MR) is 68.5 cm³/mol. The van der Waals surface area contributed by atoms with Crippen molar-refractivity contribution >= 4 is 29.0 Å². The molecule has 0 aliphatic carbocycles. The van der Waals surface area contributed by atoms with Crippen LogP contribution in [0.4, 0.5) is 11.4 Å². The molecule has 0 spiro atoms. The second kappa shape index (κ2) is 4.65. The van der Waals surface area contributed by atoms with Gasteiger partial charge in [-0.1, -0.05) is 0 Å². The van der Waals surface area contributed by atoms with Crippen molar-refractivity contribution in [3.8, 4) is 0 Å². The number of hydrogen-bond acceptors (Lipinski definition) is 4. The molecule has 0 aromatic heterocycles. The molecule has 4 nitrogen and oxygen atoms in total. The van der Waals surface area contributed by atoms with E-state index in [1.807, 2.05) is 11.8 Å². The van der Waals surface area contributed by atoms with Crippen molar-refractivity contribution < 1.29 is 4.79 Å². The Hall–Kier alpha value is -1.36. The smallest absolute Gasteiger partial charge is 0.251 e. The van der Waals surface area contributed by atoms with Crippen molar-refractivity contribution in [2.45, 2.75) is 12.5 Å². The molecule has 86 valence electrons. The second-order valence-corrected chi connectivity index (χ2v) is 5.07. The van der Waals surface area contributed by atoms with Crippen molar-refractivity contribution in [3.05, 3.63) is 23.8 Å². The molecule has 1 heterocycles. The predicted octanol–water partition coefficient (Wildman–Crippen LogP) is 1.09. The third-order valence-corrected chi connectivity index (χ3v) is 3.67. The van der Waals surface area contributed by atoms with Crippen LogP contribution in [0.2, 0.25) is 0 Å². The topological polar surface area (TPSA) is 81.1 Å². The number of carbonyl (C=O) groups excluding carboxylic acids is 1. The number of nitrogen functional groups attached to an aromatic ring is 2. The highest BCUT2D eigenvalue weighted by Crippen LogP contribution is 2.18. The van der Waals surface area contributed by atoms with Gasteiger partial charge >= 0.3 is 0 Å². The van der Waals surface area contributed by atoms with E-state index in [0.717, 1.165) is 17.9 Å². The van der Waals surface area contributed by atoms with E-state index in [0.29, 0.717) is 16.9 Å². The Labute approximate surface area is 98.8 Å². The number of thioether (sulfide) groups is 1. The molecule has 16 heavy (non-hydrogen) atoms. The summed E-state index contributed by atoms with van der Waals surface area (Å²) in [5.41, 5.74) is 12.9. The van der Waals surface area contributed by atoms with Gasteiger partial charge in [0.25, 0.3) is 5.91 Å². The number of rotatable bonds is 2. The number of nitrogens with one attached hydrogen (secondary N) is 1. The van der Waals surface area contributed by atoms with Gasteiger partial charge in [-0.2, -0.15) is 11.8 Å². The zero-order valence-corrected chi connectivity index (χ0v) is 9.72. The van der Waals surface area contributed by atoms with E-state index in [4.69, 9.17) is 11.5 Å². The monoisotopic (exact) mass is 237 g/mol. The lowest BCUT2D eigenvalue weighted by atomic mass is 10.1. The summed E-state index contributed by atoms with van der Waals surface area (Å²) in [4.78, 5) is 11.9. The van der Waals surface area contributed by atoms with Crippen LogP contribution in [-0.2, 0) is 0 Å². The van der Waals surface area contributed by atoms with E-state index in [9.17, 15) is 4.79 Å². The summed E-state index contributed by atoms with van der Waals surface area (Å²) in [5.74, 6) is 2.01. The number of benzene rings is 1. The van der Waals surface area contributed by atoms with Crippen LogP contribution in [0.15, 0.2) is 18.2 Å². The molecule has 5 heteroatoms. The highest BCUT2D eigenvalue weighted by atomic mass is 32.2. The highest BCUT2D eigenvalue weighted by Gasteiger charge is 2.18. The Morgan fingerprint density at radius 2 is 2.00 bits per heavy atom. The zero-order valence-electron chi connectivity index (χ0n) is 8.90. The normalized spacial score (nSPS) is 19.6. The molecule has 5 N–H and O–H groups in total. The van der Waals surface area contributed by atoms with Gasteiger partial charge in [0, 0.05) is 28.7 Å². The van der Waals surface area contributed by atoms with Gasteiger partial charge in [0.2, 0.25) is 0 Å². The van der Waals surface area contributed by atoms with Crippen molar-refractivity contribution in [2.24, 2.45) is 0 Å². The SMILES string of the molecule is Nc1cc(N)cc(C(=O)NC2CCSC2)c1. The molecule has 1 unspecified atom stereocenters. The Bertz CT molecular complexity index is 382. The molecule has 0 bridgehead atoms. The number of anilines is 2. The minimum Gasteiger partial charge on any atom is -0.399 e. The van der Waals surface area contributed by atoms with E-state index in [1.165, 1.54) is 0 Å². The maximum atomic E-state index is 11.9. The Morgan fingerprint density at radius 1 is 1.31 bits per heavy atom. The molecule has 1 fully saturated rings. The molecule has 2 rings (SSSR count). The van der Waals surface area contributed by atoms with Crippen LogP contribution in [-0.4, -0.2) is 23.5 Å². The second-order valence-electron chi connectivity index (χ2n) is 3.92. The van der Waals surface area contributed by atoms with Crippen molar-refractivity contribution in [1.29, 1.82) is 0 Å². The quantitative estimate of drug-likeness (QED) is 0.672. The van der Waals surface area contributed by atoms with Gasteiger partial charge in [-0.3, -0.25) is 4.79 Å². The average Bonchev–Trinajstić information content (AvgIpc) is 2.68. The summed E-state index contributed by atoms with van der Waals surface area (Å²) >= 11 is 1.86. The standard InChI is InChI=1S/C11H15N3OS/c12-8-3-7(4-9(13)5-8)11(15)14-10-1-2-16-6-10/h3-5,10H,1-2,6,12-13H2,(H,14,15). The molecule has 1 aliphatic heterocycles. The maximum absolute atomic E-state index is 11.9. The Morgan fingerprint density at radius 3 is 2.56 bits per heavy atom. The summed E-state index contributed by atoms with van der Waals surface area (Å²) in [7, 11) is 0. The van der Waals surface area contributed by atoms with Crippen LogP contribution in [0.5, 0.6) is 0 Å². The van der Waals surface area contributed by atoms with Gasteiger partial charge in [-0.15, -0.1) is 0 Å². The van der Waals surface area contributed by atoms with Gasteiger partial charge < -0.3 is 16.8 Å². The first-order chi connectivity index (χ1) is 7.65. The van der Waals surface area contributed by atoms with Gasteiger partial charge in [-0.25, -0.2) is 0 Å². The van der Waals surface area contributed by atoms with Crippen LogP contribution in [0, 0.1) is 0 Å². The van der Waals surface area contributed by atoms with E-state index >= 15 is 0 Å². The van der Waals surface area contributed by atoms with Crippen molar-refractivity contribution in [1.82, 2.24) is 5.32 Å². The van der Waals surface area contributed by atoms with Gasteiger partial charge in [-0.05, 0) is 30.4 Å². The van der Waals surface area contributed by atoms with Crippen LogP contribution in [0.25, 0.3) is 0 Å². The van der Waals surface area contributed by atoms with Crippen LogP contribution < -0.4 is 16.8 Å². The summed E-state index contributed by atoms with van der Waals surface area (Å²) in [6, 6.07) is 5.21. The fourth-order valence-corrected chi connectivity index (χ4v) is 2.88. The first-order valence-corrected chi connectivity index (χ1v) is 6.35. The van der Waals surface area contributed by atoms with Crippen molar-refractivity contribution in [3.63, 3.8) is 0 Å². The summed E-state index contributed by atoms with van der Waals surface area (Å²) in [6.07, 6.45) is 1.04. The lowest BCUT2D eigenvalue weighted by Crippen LogP contribution is -2.34. The van der Waals surface area contributed by atoms with E-state index in [1.54, 1.807) is 18.2 Å². The Balaban J connectivity index is 2.07. The molecule has 1 aromatic rings. The molecular formula is C11H15N3OS. The molecule has 0 radical (unpaired) electrons. The fourth-order valence-electron chi connectivity index (χ4n) is 1.72. The first kappa shape index (κ1) is 11.1. The summed E-state index contributed by atoms with van der Waals surface area (Å²) in [5, 5.41) is 2.98. The minimum atomic E-state index is -0.0912. The number of amides is 1. The van der Waals surface area contributed by atoms with Crippen LogP contribution in [0.1, 0.15) is 16.8 Å².